The van der Waals surface area contributed by atoms with E-state index in [-0.39, 0.29) is 11.7 Å². The molecule has 0 aliphatic heterocycles. The number of carbonyl (C=O) groups excluding carboxylic acids is 1. The van der Waals surface area contributed by atoms with Crippen LogP contribution in [-0.4, -0.2) is 19.2 Å². The normalized spacial score (nSPS) is 10.4. The average Bonchev–Trinajstić information content (AvgIpc) is 2.23. The molecule has 0 aliphatic rings. The van der Waals surface area contributed by atoms with Crippen molar-refractivity contribution < 1.29 is 23.0 Å². The summed E-state index contributed by atoms with van der Waals surface area (Å²) in [6, 6.07) is 1.98. The molecule has 0 amide bonds. The molecule has 0 aromatic heterocycles. The topological polar surface area (TPSA) is 35.5 Å². The number of rotatable bonds is 3. The first-order valence-corrected chi connectivity index (χ1v) is 4.70. The van der Waals surface area contributed by atoms with Crippen LogP contribution < -0.4 is 4.74 Å². The summed E-state index contributed by atoms with van der Waals surface area (Å²) in [7, 11) is 1.16. The number of hydrogen-bond acceptors (Lipinski definition) is 3. The molecule has 0 saturated carbocycles. The zero-order valence-corrected chi connectivity index (χ0v) is 9.21. The van der Waals surface area contributed by atoms with Crippen molar-refractivity contribution in [3.8, 4) is 5.75 Å². The first kappa shape index (κ1) is 12.4. The Bertz CT molecular complexity index is 402. The van der Waals surface area contributed by atoms with E-state index in [9.17, 15) is 13.6 Å². The minimum atomic E-state index is -1.18. The lowest BCUT2D eigenvalue weighted by Crippen LogP contribution is -2.13. The highest BCUT2D eigenvalue weighted by Gasteiger charge is 2.21. The predicted molar refractivity (Wildman–Crippen MR) is 53.5 cm³/mol. The van der Waals surface area contributed by atoms with Gasteiger partial charge in [0.1, 0.15) is 5.56 Å². The second-order valence-corrected chi connectivity index (χ2v) is 3.40. The molecular weight excluding hydrogens is 218 g/mol. The van der Waals surface area contributed by atoms with Crippen LogP contribution in [0.1, 0.15) is 24.2 Å². The largest absolute Gasteiger partial charge is 0.487 e. The standard InChI is InChI=1S/C11H12F2O3/c1-6(2)16-10-7(11(14)15-3)4-5-8(12)9(10)13/h4-6H,1-3H3. The summed E-state index contributed by atoms with van der Waals surface area (Å²) in [5, 5.41) is 0. The van der Waals surface area contributed by atoms with E-state index >= 15 is 0 Å². The van der Waals surface area contributed by atoms with Crippen molar-refractivity contribution in [2.75, 3.05) is 7.11 Å². The van der Waals surface area contributed by atoms with Crippen LogP contribution in [0.15, 0.2) is 12.1 Å². The molecule has 0 N–H and O–H groups in total. The Balaban J connectivity index is 3.27. The number of hydrogen-bond donors (Lipinski definition) is 0. The first-order chi connectivity index (χ1) is 7.47. The molecule has 16 heavy (non-hydrogen) atoms. The van der Waals surface area contributed by atoms with Crippen LogP contribution in [0.2, 0.25) is 0 Å². The van der Waals surface area contributed by atoms with Crippen molar-refractivity contribution in [2.24, 2.45) is 0 Å². The number of halogens is 2. The third-order valence-corrected chi connectivity index (χ3v) is 1.81. The van der Waals surface area contributed by atoms with Crippen molar-refractivity contribution in [2.45, 2.75) is 20.0 Å². The number of esters is 1. The summed E-state index contributed by atoms with van der Waals surface area (Å²) in [6.07, 6.45) is -0.375. The van der Waals surface area contributed by atoms with E-state index in [0.717, 1.165) is 19.2 Å². The van der Waals surface area contributed by atoms with Crippen LogP contribution in [0.4, 0.5) is 8.78 Å². The number of ether oxygens (including phenoxy) is 2. The molecule has 1 aromatic carbocycles. The smallest absolute Gasteiger partial charge is 0.341 e. The van der Waals surface area contributed by atoms with Crippen molar-refractivity contribution in [1.29, 1.82) is 0 Å². The molecule has 0 heterocycles. The summed E-state index contributed by atoms with van der Waals surface area (Å²) < 4.78 is 35.9. The quantitative estimate of drug-likeness (QED) is 0.748. The predicted octanol–water partition coefficient (Wildman–Crippen LogP) is 2.54. The minimum Gasteiger partial charge on any atom is -0.487 e. The fourth-order valence-electron chi connectivity index (χ4n) is 1.15. The highest BCUT2D eigenvalue weighted by atomic mass is 19.2. The fraction of sp³-hybridized carbons (Fsp3) is 0.364. The van der Waals surface area contributed by atoms with Crippen LogP contribution in [0.5, 0.6) is 5.75 Å². The molecule has 1 aromatic rings. The molecule has 5 heteroatoms. The minimum absolute atomic E-state index is 0.130. The summed E-state index contributed by atoms with van der Waals surface area (Å²) in [5.74, 6) is -3.43. The maximum atomic E-state index is 13.4. The Morgan fingerprint density at radius 3 is 2.44 bits per heavy atom. The van der Waals surface area contributed by atoms with Crippen molar-refractivity contribution in [3.05, 3.63) is 29.3 Å². The summed E-state index contributed by atoms with van der Waals surface area (Å²) in [4.78, 5) is 11.3. The lowest BCUT2D eigenvalue weighted by Gasteiger charge is -2.14. The van der Waals surface area contributed by atoms with Gasteiger partial charge >= 0.3 is 5.97 Å². The van der Waals surface area contributed by atoms with Gasteiger partial charge in [0.15, 0.2) is 11.6 Å². The second kappa shape index (κ2) is 4.92. The average molecular weight is 230 g/mol. The van der Waals surface area contributed by atoms with Gasteiger partial charge in [-0.1, -0.05) is 0 Å². The maximum absolute atomic E-state index is 13.4. The Labute approximate surface area is 92.0 Å². The van der Waals surface area contributed by atoms with Crippen LogP contribution in [0, 0.1) is 11.6 Å². The molecule has 0 spiro atoms. The monoisotopic (exact) mass is 230 g/mol. The van der Waals surface area contributed by atoms with E-state index in [4.69, 9.17) is 4.74 Å². The van der Waals surface area contributed by atoms with Crippen LogP contribution in [-0.2, 0) is 4.74 Å². The van der Waals surface area contributed by atoms with Gasteiger partial charge in [-0.3, -0.25) is 0 Å². The van der Waals surface area contributed by atoms with E-state index in [1.807, 2.05) is 0 Å². The van der Waals surface area contributed by atoms with E-state index in [1.165, 1.54) is 0 Å². The summed E-state index contributed by atoms with van der Waals surface area (Å²) >= 11 is 0. The zero-order chi connectivity index (χ0) is 12.3. The van der Waals surface area contributed by atoms with Crippen molar-refractivity contribution in [1.82, 2.24) is 0 Å². The van der Waals surface area contributed by atoms with Crippen LogP contribution >= 0.6 is 0 Å². The highest BCUT2D eigenvalue weighted by molar-refractivity contribution is 5.92. The molecule has 1 rings (SSSR count). The first-order valence-electron chi connectivity index (χ1n) is 4.70. The van der Waals surface area contributed by atoms with Crippen LogP contribution in [0.3, 0.4) is 0 Å². The molecule has 0 bridgehead atoms. The van der Waals surface area contributed by atoms with Crippen LogP contribution in [0.25, 0.3) is 0 Å². The summed E-state index contributed by atoms with van der Waals surface area (Å²) in [6.45, 7) is 3.29. The highest BCUT2D eigenvalue weighted by Crippen LogP contribution is 2.26. The SMILES string of the molecule is COC(=O)c1ccc(F)c(F)c1OC(C)C. The van der Waals surface area contributed by atoms with Gasteiger partial charge in [0, 0.05) is 0 Å². The Morgan fingerprint density at radius 2 is 1.94 bits per heavy atom. The molecule has 3 nitrogen and oxygen atoms in total. The van der Waals surface area contributed by atoms with Gasteiger partial charge in [-0.15, -0.1) is 0 Å². The third-order valence-electron chi connectivity index (χ3n) is 1.81. The Hall–Kier alpha value is -1.65. The lowest BCUT2D eigenvalue weighted by atomic mass is 10.2. The molecule has 0 unspecified atom stereocenters. The Kier molecular flexibility index (Phi) is 3.82. The van der Waals surface area contributed by atoms with Gasteiger partial charge in [0.25, 0.3) is 0 Å². The number of benzene rings is 1. The summed E-state index contributed by atoms with van der Waals surface area (Å²) in [5.41, 5.74) is -0.130. The van der Waals surface area contributed by atoms with E-state index in [1.54, 1.807) is 13.8 Å². The molecule has 0 radical (unpaired) electrons. The number of methoxy groups -OCH3 is 1. The second-order valence-electron chi connectivity index (χ2n) is 3.40. The third kappa shape index (κ3) is 2.48. The van der Waals surface area contributed by atoms with Gasteiger partial charge < -0.3 is 9.47 Å². The maximum Gasteiger partial charge on any atom is 0.341 e. The van der Waals surface area contributed by atoms with Crippen molar-refractivity contribution >= 4 is 5.97 Å². The van der Waals surface area contributed by atoms with Gasteiger partial charge in [-0.25, -0.2) is 9.18 Å². The molecule has 0 fully saturated rings. The molecule has 0 aliphatic carbocycles. The van der Waals surface area contributed by atoms with Gasteiger partial charge in [0.2, 0.25) is 5.82 Å². The van der Waals surface area contributed by atoms with Gasteiger partial charge in [-0.2, -0.15) is 4.39 Å². The van der Waals surface area contributed by atoms with Gasteiger partial charge in [-0.05, 0) is 26.0 Å². The fourth-order valence-corrected chi connectivity index (χ4v) is 1.15. The number of carbonyl (C=O) groups is 1. The van der Waals surface area contributed by atoms with Crippen molar-refractivity contribution in [3.63, 3.8) is 0 Å². The van der Waals surface area contributed by atoms with E-state index < -0.39 is 23.4 Å². The molecule has 0 atom stereocenters. The zero-order valence-electron chi connectivity index (χ0n) is 9.21. The molecule has 88 valence electrons. The van der Waals surface area contributed by atoms with Gasteiger partial charge in [0.05, 0.1) is 13.2 Å². The molecular formula is C11H12F2O3. The van der Waals surface area contributed by atoms with E-state index in [2.05, 4.69) is 4.74 Å². The Morgan fingerprint density at radius 1 is 1.31 bits per heavy atom. The lowest BCUT2D eigenvalue weighted by molar-refractivity contribution is 0.0592. The molecule has 0 saturated heterocycles. The van der Waals surface area contributed by atoms with E-state index in [0.29, 0.717) is 0 Å².